The van der Waals surface area contributed by atoms with E-state index in [2.05, 4.69) is 15.3 Å². The molecule has 0 radical (unpaired) electrons. The van der Waals surface area contributed by atoms with E-state index < -0.39 is 0 Å². The second kappa shape index (κ2) is 5.05. The third kappa shape index (κ3) is 2.21. The van der Waals surface area contributed by atoms with Gasteiger partial charge in [0.1, 0.15) is 0 Å². The van der Waals surface area contributed by atoms with Crippen LogP contribution in [-0.2, 0) is 0 Å². The quantitative estimate of drug-likeness (QED) is 0.762. The van der Waals surface area contributed by atoms with Crippen LogP contribution in [0.4, 0.5) is 17.2 Å². The van der Waals surface area contributed by atoms with E-state index in [-0.39, 0.29) is 0 Å². The molecule has 0 amide bonds. The summed E-state index contributed by atoms with van der Waals surface area (Å²) in [7, 11) is 1.58. The summed E-state index contributed by atoms with van der Waals surface area (Å²) < 4.78 is 5.12. The van der Waals surface area contributed by atoms with Crippen LogP contribution in [0.5, 0.6) is 5.88 Å². The molecule has 2 heterocycles. The minimum atomic E-state index is 0.517. The normalized spacial score (nSPS) is 10.4. The van der Waals surface area contributed by atoms with Crippen LogP contribution < -0.4 is 15.8 Å². The number of fused-ring (bicyclic) bond motifs is 1. The standard InChI is InChI=1S/C15H14N4O/c1-20-14-6-5-12(16)15(19-14)18-13-4-2-3-10-9-17-8-7-11(10)13/h2-9H,16H2,1H3,(H,18,19). The number of benzene rings is 1. The lowest BCUT2D eigenvalue weighted by molar-refractivity contribution is 0.398. The number of hydrogen-bond acceptors (Lipinski definition) is 5. The number of nitrogens with zero attached hydrogens (tertiary/aromatic N) is 2. The number of hydrogen-bond donors (Lipinski definition) is 2. The number of methoxy groups -OCH3 is 1. The second-order valence-corrected chi connectivity index (χ2v) is 4.32. The largest absolute Gasteiger partial charge is 0.481 e. The predicted octanol–water partition coefficient (Wildman–Crippen LogP) is 2.96. The molecule has 100 valence electrons. The molecule has 20 heavy (non-hydrogen) atoms. The zero-order chi connectivity index (χ0) is 13.9. The maximum absolute atomic E-state index is 5.94. The Morgan fingerprint density at radius 3 is 2.90 bits per heavy atom. The Bertz CT molecular complexity index is 752. The molecular formula is C15H14N4O. The van der Waals surface area contributed by atoms with Crippen LogP contribution in [0.1, 0.15) is 0 Å². The molecule has 0 unspecified atom stereocenters. The van der Waals surface area contributed by atoms with E-state index in [0.29, 0.717) is 17.4 Å². The average molecular weight is 266 g/mol. The van der Waals surface area contributed by atoms with Crippen molar-refractivity contribution in [2.75, 3.05) is 18.2 Å². The molecule has 0 aliphatic heterocycles. The van der Waals surface area contributed by atoms with Gasteiger partial charge in [-0.1, -0.05) is 12.1 Å². The number of ether oxygens (including phenoxy) is 1. The van der Waals surface area contributed by atoms with Crippen molar-refractivity contribution in [2.45, 2.75) is 0 Å². The molecule has 2 aromatic heterocycles. The van der Waals surface area contributed by atoms with Gasteiger partial charge in [-0.15, -0.1) is 0 Å². The molecule has 0 saturated heterocycles. The first-order chi connectivity index (χ1) is 9.78. The zero-order valence-electron chi connectivity index (χ0n) is 11.0. The fraction of sp³-hybridized carbons (Fsp3) is 0.0667. The third-order valence-electron chi connectivity index (χ3n) is 3.04. The minimum absolute atomic E-state index is 0.517. The summed E-state index contributed by atoms with van der Waals surface area (Å²) in [4.78, 5) is 8.44. The SMILES string of the molecule is COc1ccc(N)c(Nc2cccc3cnccc23)n1. The van der Waals surface area contributed by atoms with Crippen LogP contribution in [0.2, 0.25) is 0 Å². The minimum Gasteiger partial charge on any atom is -0.481 e. The molecule has 0 atom stereocenters. The van der Waals surface area contributed by atoms with Crippen molar-refractivity contribution in [1.82, 2.24) is 9.97 Å². The smallest absolute Gasteiger partial charge is 0.215 e. The van der Waals surface area contributed by atoms with Crippen molar-refractivity contribution in [1.29, 1.82) is 0 Å². The van der Waals surface area contributed by atoms with Crippen molar-refractivity contribution >= 4 is 28.0 Å². The number of anilines is 3. The molecule has 3 aromatic rings. The maximum atomic E-state index is 5.94. The number of aromatic nitrogens is 2. The lowest BCUT2D eigenvalue weighted by atomic mass is 10.1. The molecule has 0 bridgehead atoms. The molecule has 3 N–H and O–H groups in total. The van der Waals surface area contributed by atoms with E-state index in [1.54, 1.807) is 25.4 Å². The van der Waals surface area contributed by atoms with Gasteiger partial charge in [0.2, 0.25) is 5.88 Å². The molecule has 0 saturated carbocycles. The van der Waals surface area contributed by atoms with E-state index >= 15 is 0 Å². The van der Waals surface area contributed by atoms with E-state index in [0.717, 1.165) is 16.5 Å². The molecule has 5 heteroatoms. The monoisotopic (exact) mass is 266 g/mol. The third-order valence-corrected chi connectivity index (χ3v) is 3.04. The fourth-order valence-electron chi connectivity index (χ4n) is 2.02. The first kappa shape index (κ1) is 12.2. The number of nitrogens with one attached hydrogen (secondary N) is 1. The summed E-state index contributed by atoms with van der Waals surface area (Å²) in [6.45, 7) is 0. The highest BCUT2D eigenvalue weighted by Crippen LogP contribution is 2.28. The van der Waals surface area contributed by atoms with Gasteiger partial charge >= 0.3 is 0 Å². The highest BCUT2D eigenvalue weighted by molar-refractivity contribution is 5.95. The van der Waals surface area contributed by atoms with Crippen molar-refractivity contribution in [2.24, 2.45) is 0 Å². The highest BCUT2D eigenvalue weighted by atomic mass is 16.5. The molecule has 0 spiro atoms. The number of nitrogens with two attached hydrogens (primary N) is 1. The van der Waals surface area contributed by atoms with Crippen molar-refractivity contribution < 1.29 is 4.74 Å². The lowest BCUT2D eigenvalue weighted by Gasteiger charge is -2.11. The van der Waals surface area contributed by atoms with Crippen molar-refractivity contribution in [3.8, 4) is 5.88 Å². The Kier molecular flexibility index (Phi) is 3.09. The Morgan fingerprint density at radius 1 is 1.15 bits per heavy atom. The van der Waals surface area contributed by atoms with Crippen LogP contribution >= 0.6 is 0 Å². The van der Waals surface area contributed by atoms with Crippen LogP contribution in [-0.4, -0.2) is 17.1 Å². The predicted molar refractivity (Wildman–Crippen MR) is 80.2 cm³/mol. The number of nitrogen functional groups attached to an aromatic ring is 1. The van der Waals surface area contributed by atoms with Gasteiger partial charge in [0, 0.05) is 34.9 Å². The van der Waals surface area contributed by atoms with Crippen LogP contribution in [0.25, 0.3) is 10.8 Å². The summed E-state index contributed by atoms with van der Waals surface area (Å²) in [5, 5.41) is 5.36. The topological polar surface area (TPSA) is 73.1 Å². The lowest BCUT2D eigenvalue weighted by Crippen LogP contribution is -2.01. The Hall–Kier alpha value is -2.82. The second-order valence-electron chi connectivity index (χ2n) is 4.32. The summed E-state index contributed by atoms with van der Waals surface area (Å²) in [5.41, 5.74) is 7.44. The Labute approximate surface area is 116 Å². The average Bonchev–Trinajstić information content (AvgIpc) is 2.50. The van der Waals surface area contributed by atoms with Gasteiger partial charge in [0.05, 0.1) is 12.8 Å². The van der Waals surface area contributed by atoms with Gasteiger partial charge in [-0.05, 0) is 18.2 Å². The van der Waals surface area contributed by atoms with E-state index in [9.17, 15) is 0 Å². The number of pyridine rings is 2. The van der Waals surface area contributed by atoms with Crippen molar-refractivity contribution in [3.63, 3.8) is 0 Å². The molecule has 1 aromatic carbocycles. The van der Waals surface area contributed by atoms with Gasteiger partial charge < -0.3 is 15.8 Å². The van der Waals surface area contributed by atoms with Gasteiger partial charge in [-0.2, -0.15) is 4.98 Å². The van der Waals surface area contributed by atoms with Crippen LogP contribution in [0.3, 0.4) is 0 Å². The van der Waals surface area contributed by atoms with E-state index in [4.69, 9.17) is 10.5 Å². The maximum Gasteiger partial charge on any atom is 0.215 e. The van der Waals surface area contributed by atoms with Gasteiger partial charge in [0.25, 0.3) is 0 Å². The molecular weight excluding hydrogens is 252 g/mol. The Balaban J connectivity index is 2.05. The fourth-order valence-corrected chi connectivity index (χ4v) is 2.02. The van der Waals surface area contributed by atoms with E-state index in [1.165, 1.54) is 0 Å². The van der Waals surface area contributed by atoms with Gasteiger partial charge in [-0.3, -0.25) is 4.98 Å². The molecule has 5 nitrogen and oxygen atoms in total. The zero-order valence-corrected chi connectivity index (χ0v) is 11.0. The summed E-state index contributed by atoms with van der Waals surface area (Å²) >= 11 is 0. The van der Waals surface area contributed by atoms with Gasteiger partial charge in [-0.25, -0.2) is 0 Å². The summed E-state index contributed by atoms with van der Waals surface area (Å²) in [5.74, 6) is 1.09. The molecule has 0 fully saturated rings. The molecule has 0 aliphatic rings. The summed E-state index contributed by atoms with van der Waals surface area (Å²) in [6.07, 6.45) is 3.58. The first-order valence-corrected chi connectivity index (χ1v) is 6.18. The molecule has 0 aliphatic carbocycles. The van der Waals surface area contributed by atoms with Gasteiger partial charge in [0.15, 0.2) is 5.82 Å². The van der Waals surface area contributed by atoms with Crippen LogP contribution in [0, 0.1) is 0 Å². The van der Waals surface area contributed by atoms with Crippen molar-refractivity contribution in [3.05, 3.63) is 48.8 Å². The highest BCUT2D eigenvalue weighted by Gasteiger charge is 2.06. The van der Waals surface area contributed by atoms with Crippen LogP contribution in [0.15, 0.2) is 48.8 Å². The molecule has 3 rings (SSSR count). The first-order valence-electron chi connectivity index (χ1n) is 6.18. The number of rotatable bonds is 3. The van der Waals surface area contributed by atoms with E-state index in [1.807, 2.05) is 30.5 Å². The summed E-state index contributed by atoms with van der Waals surface area (Å²) in [6, 6.07) is 11.4. The Morgan fingerprint density at radius 2 is 2.05 bits per heavy atom.